The number of hydrogen-bond donors (Lipinski definition) is 2. The maximum atomic E-state index is 11.4. The number of aromatic amines is 1. The lowest BCUT2D eigenvalue weighted by Crippen LogP contribution is -2.04. The minimum atomic E-state index is -0.201. The first-order chi connectivity index (χ1) is 10.7. The van der Waals surface area contributed by atoms with Gasteiger partial charge in [-0.3, -0.25) is 4.79 Å². The summed E-state index contributed by atoms with van der Waals surface area (Å²) in [6.07, 6.45) is 1.61. The van der Waals surface area contributed by atoms with Crippen LogP contribution in [0.1, 0.15) is 0 Å². The summed E-state index contributed by atoms with van der Waals surface area (Å²) in [6, 6.07) is 8.45. The van der Waals surface area contributed by atoms with E-state index in [1.54, 1.807) is 30.5 Å². The number of nitrogens with one attached hydrogen (secondary N) is 2. The van der Waals surface area contributed by atoms with Gasteiger partial charge in [-0.15, -0.1) is 0 Å². The molecule has 2 N–H and O–H groups in total. The van der Waals surface area contributed by atoms with Gasteiger partial charge >= 0.3 is 0 Å². The quantitative estimate of drug-likeness (QED) is 0.760. The Hall–Kier alpha value is -2.73. The van der Waals surface area contributed by atoms with E-state index in [9.17, 15) is 4.79 Å². The van der Waals surface area contributed by atoms with Gasteiger partial charge in [0.2, 0.25) is 12.4 Å². The lowest BCUT2D eigenvalue weighted by Gasteiger charge is -2.12. The van der Waals surface area contributed by atoms with Crippen LogP contribution in [-0.2, 0) is 0 Å². The molecule has 1 aliphatic rings. The Morgan fingerprint density at radius 2 is 2.09 bits per heavy atom. The largest absolute Gasteiger partial charge is 0.454 e. The van der Waals surface area contributed by atoms with E-state index in [-0.39, 0.29) is 12.4 Å². The summed E-state index contributed by atoms with van der Waals surface area (Å²) in [5.41, 5.74) is 1.67. The molecule has 0 spiro atoms. The summed E-state index contributed by atoms with van der Waals surface area (Å²) >= 11 is 6.26. The highest BCUT2D eigenvalue weighted by atomic mass is 35.5. The number of halogens is 1. The maximum absolute atomic E-state index is 11.4. The standard InChI is InChI=1S/C15H10ClN3O3/c16-9-2-3-11-14(22-7-21-11)13(9)18-10-5-6-17-15-8(10)1-4-12(20)19-15/h1-6H,7H2,(H2,17,18,19,20). The normalized spacial score (nSPS) is 12.6. The number of aromatic nitrogens is 2. The molecule has 22 heavy (non-hydrogen) atoms. The lowest BCUT2D eigenvalue weighted by molar-refractivity contribution is 0.174. The highest BCUT2D eigenvalue weighted by Crippen LogP contribution is 2.45. The van der Waals surface area contributed by atoms with E-state index >= 15 is 0 Å². The fraction of sp³-hybridized carbons (Fsp3) is 0.0667. The number of pyridine rings is 2. The molecule has 110 valence electrons. The van der Waals surface area contributed by atoms with Crippen LogP contribution in [0.3, 0.4) is 0 Å². The number of rotatable bonds is 2. The van der Waals surface area contributed by atoms with E-state index in [1.807, 2.05) is 0 Å². The molecule has 0 atom stereocenters. The molecule has 0 aliphatic carbocycles. The van der Waals surface area contributed by atoms with E-state index in [2.05, 4.69) is 15.3 Å². The van der Waals surface area contributed by atoms with Crippen LogP contribution in [0.15, 0.2) is 41.3 Å². The van der Waals surface area contributed by atoms with Crippen LogP contribution in [0.4, 0.5) is 11.4 Å². The van der Waals surface area contributed by atoms with Gasteiger partial charge in [0.25, 0.3) is 0 Å². The molecule has 0 bridgehead atoms. The van der Waals surface area contributed by atoms with Crippen molar-refractivity contribution in [3.63, 3.8) is 0 Å². The second-order valence-electron chi connectivity index (χ2n) is 4.72. The Bertz CT molecular complexity index is 939. The van der Waals surface area contributed by atoms with Gasteiger partial charge in [0.15, 0.2) is 11.5 Å². The number of ether oxygens (including phenoxy) is 2. The third-order valence-electron chi connectivity index (χ3n) is 3.38. The van der Waals surface area contributed by atoms with Gasteiger partial charge in [-0.1, -0.05) is 11.6 Å². The van der Waals surface area contributed by atoms with Crippen molar-refractivity contribution in [2.45, 2.75) is 0 Å². The molecule has 0 radical (unpaired) electrons. The average molecular weight is 316 g/mol. The molecule has 0 amide bonds. The van der Waals surface area contributed by atoms with E-state index < -0.39 is 0 Å². The van der Waals surface area contributed by atoms with Crippen molar-refractivity contribution in [3.05, 3.63) is 51.9 Å². The van der Waals surface area contributed by atoms with E-state index in [0.29, 0.717) is 27.9 Å². The highest BCUT2D eigenvalue weighted by molar-refractivity contribution is 6.34. The Morgan fingerprint density at radius 3 is 3.00 bits per heavy atom. The molecular weight excluding hydrogens is 306 g/mol. The first-order valence-corrected chi connectivity index (χ1v) is 6.93. The van der Waals surface area contributed by atoms with Gasteiger partial charge in [0, 0.05) is 17.6 Å². The second-order valence-corrected chi connectivity index (χ2v) is 5.13. The van der Waals surface area contributed by atoms with Crippen molar-refractivity contribution in [2.24, 2.45) is 0 Å². The molecule has 2 aromatic heterocycles. The van der Waals surface area contributed by atoms with Gasteiger partial charge in [-0.05, 0) is 24.3 Å². The van der Waals surface area contributed by atoms with Gasteiger partial charge in [-0.2, -0.15) is 0 Å². The topological polar surface area (TPSA) is 76.2 Å². The molecular formula is C15H10ClN3O3. The van der Waals surface area contributed by atoms with Crippen LogP contribution < -0.4 is 20.3 Å². The highest BCUT2D eigenvalue weighted by Gasteiger charge is 2.21. The fourth-order valence-electron chi connectivity index (χ4n) is 2.37. The number of fused-ring (bicyclic) bond motifs is 2. The van der Waals surface area contributed by atoms with Crippen molar-refractivity contribution in [1.82, 2.24) is 9.97 Å². The molecule has 6 nitrogen and oxygen atoms in total. The van der Waals surface area contributed by atoms with Crippen molar-refractivity contribution in [3.8, 4) is 11.5 Å². The summed E-state index contributed by atoms with van der Waals surface area (Å²) in [5.74, 6) is 1.21. The smallest absolute Gasteiger partial charge is 0.249 e. The summed E-state index contributed by atoms with van der Waals surface area (Å²) in [5, 5.41) is 4.52. The van der Waals surface area contributed by atoms with Crippen LogP contribution in [0.25, 0.3) is 11.0 Å². The molecule has 0 saturated carbocycles. The third kappa shape index (κ3) is 2.05. The maximum Gasteiger partial charge on any atom is 0.249 e. The Kier molecular flexibility index (Phi) is 2.90. The molecule has 0 fully saturated rings. The first kappa shape index (κ1) is 13.0. The predicted molar refractivity (Wildman–Crippen MR) is 83.2 cm³/mol. The zero-order valence-electron chi connectivity index (χ0n) is 11.2. The van der Waals surface area contributed by atoms with Crippen LogP contribution in [-0.4, -0.2) is 16.8 Å². The Morgan fingerprint density at radius 1 is 1.18 bits per heavy atom. The summed E-state index contributed by atoms with van der Waals surface area (Å²) in [6.45, 7) is 0.161. The van der Waals surface area contributed by atoms with E-state index in [4.69, 9.17) is 21.1 Å². The third-order valence-corrected chi connectivity index (χ3v) is 3.70. The molecule has 0 saturated heterocycles. The van der Waals surface area contributed by atoms with E-state index in [1.165, 1.54) is 6.07 Å². The van der Waals surface area contributed by atoms with Crippen LogP contribution in [0, 0.1) is 0 Å². The summed E-state index contributed by atoms with van der Waals surface area (Å²) in [7, 11) is 0. The molecule has 3 heterocycles. The lowest BCUT2D eigenvalue weighted by atomic mass is 10.2. The van der Waals surface area contributed by atoms with Crippen molar-refractivity contribution < 1.29 is 9.47 Å². The van der Waals surface area contributed by atoms with Crippen molar-refractivity contribution in [2.75, 3.05) is 12.1 Å². The zero-order chi connectivity index (χ0) is 15.1. The second kappa shape index (κ2) is 4.92. The van der Waals surface area contributed by atoms with Gasteiger partial charge in [0.05, 0.1) is 10.7 Å². The van der Waals surface area contributed by atoms with Gasteiger partial charge < -0.3 is 19.8 Å². The SMILES string of the molecule is O=c1ccc2c(Nc3c(Cl)ccc4c3OCO4)ccnc2[nH]1. The van der Waals surface area contributed by atoms with Crippen LogP contribution in [0.2, 0.25) is 5.02 Å². The molecule has 4 rings (SSSR count). The fourth-order valence-corrected chi connectivity index (χ4v) is 2.56. The minimum Gasteiger partial charge on any atom is -0.454 e. The average Bonchev–Trinajstić information content (AvgIpc) is 2.98. The predicted octanol–water partition coefficient (Wildman–Crippen LogP) is 3.05. The molecule has 1 aliphatic heterocycles. The molecule has 1 aromatic carbocycles. The number of nitrogens with zero attached hydrogens (tertiary/aromatic N) is 1. The minimum absolute atomic E-state index is 0.161. The van der Waals surface area contributed by atoms with Gasteiger partial charge in [-0.25, -0.2) is 4.98 Å². The molecule has 7 heteroatoms. The monoisotopic (exact) mass is 315 g/mol. The Labute approximate surface area is 129 Å². The molecule has 3 aromatic rings. The zero-order valence-corrected chi connectivity index (χ0v) is 12.0. The Balaban J connectivity index is 1.85. The van der Waals surface area contributed by atoms with Crippen LogP contribution >= 0.6 is 11.6 Å². The first-order valence-electron chi connectivity index (χ1n) is 6.55. The summed E-state index contributed by atoms with van der Waals surface area (Å²) in [4.78, 5) is 18.2. The summed E-state index contributed by atoms with van der Waals surface area (Å²) < 4.78 is 10.8. The van der Waals surface area contributed by atoms with Crippen molar-refractivity contribution in [1.29, 1.82) is 0 Å². The molecule has 0 unspecified atom stereocenters. The van der Waals surface area contributed by atoms with Crippen LogP contribution in [0.5, 0.6) is 11.5 Å². The number of hydrogen-bond acceptors (Lipinski definition) is 5. The van der Waals surface area contributed by atoms with Crippen molar-refractivity contribution >= 4 is 34.0 Å². The number of benzene rings is 1. The number of anilines is 2. The van der Waals surface area contributed by atoms with E-state index in [0.717, 1.165) is 11.1 Å². The number of H-pyrrole nitrogens is 1. The van der Waals surface area contributed by atoms with Gasteiger partial charge in [0.1, 0.15) is 11.3 Å².